The lowest BCUT2D eigenvalue weighted by Gasteiger charge is -2.16. The highest BCUT2D eigenvalue weighted by molar-refractivity contribution is 5.33. The summed E-state index contributed by atoms with van der Waals surface area (Å²) in [6, 6.07) is 2.18. The molecule has 1 aromatic carbocycles. The predicted molar refractivity (Wildman–Crippen MR) is 52.7 cm³/mol. The van der Waals surface area contributed by atoms with Gasteiger partial charge in [-0.15, -0.1) is 0 Å². The summed E-state index contributed by atoms with van der Waals surface area (Å²) in [6.45, 7) is 0.931. The summed E-state index contributed by atoms with van der Waals surface area (Å²) in [4.78, 5) is 0. The van der Waals surface area contributed by atoms with Crippen molar-refractivity contribution < 1.29 is 13.5 Å². The second-order valence-electron chi connectivity index (χ2n) is 3.62. The van der Waals surface area contributed by atoms with E-state index < -0.39 is 11.6 Å². The van der Waals surface area contributed by atoms with Gasteiger partial charge in [0.1, 0.15) is 11.6 Å². The Morgan fingerprint density at radius 3 is 2.93 bits per heavy atom. The summed E-state index contributed by atoms with van der Waals surface area (Å²) in [7, 11) is 1.76. The Morgan fingerprint density at radius 2 is 2.20 bits per heavy atom. The fraction of sp³-hybridized carbons (Fsp3) is 0.455. The zero-order valence-electron chi connectivity index (χ0n) is 8.52. The largest absolute Gasteiger partial charge is 0.379 e. The molecule has 1 unspecified atom stereocenters. The molecule has 0 saturated carbocycles. The summed E-state index contributed by atoms with van der Waals surface area (Å²) in [5, 5.41) is 3.00. The van der Waals surface area contributed by atoms with Crippen molar-refractivity contribution in [1.29, 1.82) is 0 Å². The number of benzene rings is 1. The highest BCUT2D eigenvalue weighted by atomic mass is 19.1. The first kappa shape index (κ1) is 10.5. The molecule has 0 saturated heterocycles. The van der Waals surface area contributed by atoms with Crippen LogP contribution in [0.1, 0.15) is 17.2 Å². The van der Waals surface area contributed by atoms with E-state index in [4.69, 9.17) is 4.74 Å². The summed E-state index contributed by atoms with van der Waals surface area (Å²) < 4.78 is 31.9. The van der Waals surface area contributed by atoms with Crippen LogP contribution in [0.25, 0.3) is 0 Å². The number of nitrogens with one attached hydrogen (secondary N) is 1. The van der Waals surface area contributed by atoms with Gasteiger partial charge in [-0.3, -0.25) is 0 Å². The van der Waals surface area contributed by atoms with Gasteiger partial charge in [0.25, 0.3) is 0 Å². The monoisotopic (exact) mass is 213 g/mol. The summed E-state index contributed by atoms with van der Waals surface area (Å²) >= 11 is 0. The molecule has 0 spiro atoms. The van der Waals surface area contributed by atoms with Gasteiger partial charge in [-0.1, -0.05) is 0 Å². The normalized spacial score (nSPS) is 20.9. The average Bonchev–Trinajstić information content (AvgIpc) is 2.39. The first-order valence-electron chi connectivity index (χ1n) is 4.95. The van der Waals surface area contributed by atoms with E-state index in [2.05, 4.69) is 5.32 Å². The molecule has 1 aliphatic heterocycles. The molecule has 1 N–H and O–H groups in total. The van der Waals surface area contributed by atoms with Crippen LogP contribution in [-0.4, -0.2) is 20.3 Å². The molecule has 1 heterocycles. The van der Waals surface area contributed by atoms with Crippen molar-refractivity contribution in [2.45, 2.75) is 12.5 Å². The van der Waals surface area contributed by atoms with Crippen molar-refractivity contribution in [3.63, 3.8) is 0 Å². The van der Waals surface area contributed by atoms with Gasteiger partial charge in [0.2, 0.25) is 0 Å². The Balaban J connectivity index is 2.50. The van der Waals surface area contributed by atoms with Crippen LogP contribution in [0.3, 0.4) is 0 Å². The van der Waals surface area contributed by atoms with Crippen LogP contribution in [0.4, 0.5) is 8.78 Å². The predicted octanol–water partition coefficient (Wildman–Crippen LogP) is 1.80. The quantitative estimate of drug-likeness (QED) is 0.768. The second-order valence-corrected chi connectivity index (χ2v) is 3.62. The molecule has 82 valence electrons. The smallest absolute Gasteiger partial charge is 0.129 e. The third-order valence-corrected chi connectivity index (χ3v) is 2.70. The first-order valence-corrected chi connectivity index (χ1v) is 4.95. The van der Waals surface area contributed by atoms with Crippen molar-refractivity contribution in [2.75, 3.05) is 20.3 Å². The maximum atomic E-state index is 13.5. The lowest BCUT2D eigenvalue weighted by Crippen LogP contribution is -2.21. The second kappa shape index (κ2) is 4.24. The molecule has 0 bridgehead atoms. The lowest BCUT2D eigenvalue weighted by molar-refractivity contribution is 0.123. The van der Waals surface area contributed by atoms with E-state index in [-0.39, 0.29) is 6.04 Å². The van der Waals surface area contributed by atoms with Crippen LogP contribution in [0.15, 0.2) is 12.1 Å². The van der Waals surface area contributed by atoms with E-state index in [9.17, 15) is 8.78 Å². The molecule has 0 aromatic heterocycles. The number of halogens is 2. The zero-order valence-corrected chi connectivity index (χ0v) is 8.52. The summed E-state index contributed by atoms with van der Waals surface area (Å²) in [5.74, 6) is -1.01. The highest BCUT2D eigenvalue weighted by Crippen LogP contribution is 2.25. The van der Waals surface area contributed by atoms with E-state index in [0.717, 1.165) is 6.07 Å². The maximum absolute atomic E-state index is 13.5. The fourth-order valence-corrected chi connectivity index (χ4v) is 1.90. The summed E-state index contributed by atoms with van der Waals surface area (Å²) in [6.07, 6.45) is 0.500. The van der Waals surface area contributed by atoms with Gasteiger partial charge in [-0.25, -0.2) is 8.78 Å². The van der Waals surface area contributed by atoms with Crippen molar-refractivity contribution in [3.8, 4) is 0 Å². The van der Waals surface area contributed by atoms with Crippen molar-refractivity contribution >= 4 is 0 Å². The zero-order chi connectivity index (χ0) is 10.8. The standard InChI is InChI=1S/C11H13F2NO/c1-14-11-6-15-3-2-8-9(11)4-7(12)5-10(8)13/h4-5,11,14H,2-3,6H2,1H3. The minimum atomic E-state index is -0.534. The Kier molecular flexibility index (Phi) is 2.98. The van der Waals surface area contributed by atoms with Gasteiger partial charge >= 0.3 is 0 Å². The molecule has 1 aliphatic rings. The fourth-order valence-electron chi connectivity index (χ4n) is 1.90. The molecule has 1 aromatic rings. The Hall–Kier alpha value is -1.00. The van der Waals surface area contributed by atoms with E-state index in [1.807, 2.05) is 0 Å². The van der Waals surface area contributed by atoms with Gasteiger partial charge in [0.15, 0.2) is 0 Å². The lowest BCUT2D eigenvalue weighted by atomic mass is 9.99. The molecule has 0 aliphatic carbocycles. The molecule has 1 atom stereocenters. The molecule has 0 amide bonds. The van der Waals surface area contributed by atoms with E-state index in [0.29, 0.717) is 30.8 Å². The molecule has 4 heteroatoms. The van der Waals surface area contributed by atoms with Crippen LogP contribution in [0.2, 0.25) is 0 Å². The van der Waals surface area contributed by atoms with E-state index in [1.54, 1.807) is 7.05 Å². The Bertz CT molecular complexity index is 368. The van der Waals surface area contributed by atoms with E-state index >= 15 is 0 Å². The highest BCUT2D eigenvalue weighted by Gasteiger charge is 2.21. The molecule has 2 rings (SSSR count). The van der Waals surface area contributed by atoms with Gasteiger partial charge in [0, 0.05) is 6.07 Å². The number of hydrogen-bond donors (Lipinski definition) is 1. The number of hydrogen-bond acceptors (Lipinski definition) is 2. The van der Waals surface area contributed by atoms with Crippen LogP contribution in [-0.2, 0) is 11.2 Å². The minimum absolute atomic E-state index is 0.132. The Labute approximate surface area is 87.2 Å². The maximum Gasteiger partial charge on any atom is 0.129 e. The van der Waals surface area contributed by atoms with Crippen molar-refractivity contribution in [2.24, 2.45) is 0 Å². The minimum Gasteiger partial charge on any atom is -0.379 e. The number of rotatable bonds is 1. The number of fused-ring (bicyclic) bond motifs is 1. The van der Waals surface area contributed by atoms with Crippen LogP contribution >= 0.6 is 0 Å². The molecule has 15 heavy (non-hydrogen) atoms. The van der Waals surface area contributed by atoms with Gasteiger partial charge in [-0.05, 0) is 30.7 Å². The topological polar surface area (TPSA) is 21.3 Å². The molecular formula is C11H13F2NO. The molecule has 2 nitrogen and oxygen atoms in total. The SMILES string of the molecule is CNC1COCCc2c(F)cc(F)cc21. The third-order valence-electron chi connectivity index (χ3n) is 2.70. The number of likely N-dealkylation sites (N-methyl/N-ethyl adjacent to an activating group) is 1. The average molecular weight is 213 g/mol. The summed E-state index contributed by atoms with van der Waals surface area (Å²) in [5.41, 5.74) is 1.24. The van der Waals surface area contributed by atoms with Crippen LogP contribution < -0.4 is 5.32 Å². The molecule has 0 radical (unpaired) electrons. The molecule has 0 fully saturated rings. The van der Waals surface area contributed by atoms with Crippen molar-refractivity contribution in [3.05, 3.63) is 34.9 Å². The number of ether oxygens (including phenoxy) is 1. The van der Waals surface area contributed by atoms with Gasteiger partial charge in [-0.2, -0.15) is 0 Å². The molecular weight excluding hydrogens is 200 g/mol. The first-order chi connectivity index (χ1) is 7.22. The third kappa shape index (κ3) is 2.01. The van der Waals surface area contributed by atoms with Crippen LogP contribution in [0, 0.1) is 11.6 Å². The van der Waals surface area contributed by atoms with Gasteiger partial charge in [0.05, 0.1) is 19.3 Å². The van der Waals surface area contributed by atoms with Crippen LogP contribution in [0.5, 0.6) is 0 Å². The van der Waals surface area contributed by atoms with E-state index in [1.165, 1.54) is 6.07 Å². The van der Waals surface area contributed by atoms with Gasteiger partial charge < -0.3 is 10.1 Å². The Morgan fingerprint density at radius 1 is 1.40 bits per heavy atom. The van der Waals surface area contributed by atoms with Crippen molar-refractivity contribution in [1.82, 2.24) is 5.32 Å².